The summed E-state index contributed by atoms with van der Waals surface area (Å²) in [5, 5.41) is 0. The normalized spacial score (nSPS) is 10.9. The third-order valence-corrected chi connectivity index (χ3v) is 5.46. The van der Waals surface area contributed by atoms with Crippen molar-refractivity contribution in [2.75, 3.05) is 0 Å². The highest BCUT2D eigenvalue weighted by atomic mass is 19.2. The maximum atomic E-state index is 14.7. The smallest absolute Gasteiger partial charge is 0.194 e. The average Bonchev–Trinajstić information content (AvgIpc) is 2.81. The molecule has 0 heterocycles. The standard InChI is InChI=1S/C28H19F5/c1-2-3-4-17-5-7-18(8-6-17)19-9-11-20(12-10-19)21-13-23(29)27(24(30)14-21)22-15-25(31)28(33)26(32)16-22/h2,5-16H,1,3-4H2. The summed E-state index contributed by atoms with van der Waals surface area (Å²) in [5.74, 6) is -6.73. The molecule has 0 spiro atoms. The SMILES string of the molecule is C=CCCc1ccc(-c2ccc(-c3cc(F)c(-c4cc(F)c(F)c(F)c4)c(F)c3)cc2)cc1. The Bertz CT molecular complexity index is 1260. The Morgan fingerprint density at radius 1 is 0.545 bits per heavy atom. The van der Waals surface area contributed by atoms with Crippen LogP contribution in [0.25, 0.3) is 33.4 Å². The molecule has 0 radical (unpaired) electrons. The van der Waals surface area contributed by atoms with E-state index in [4.69, 9.17) is 0 Å². The maximum absolute atomic E-state index is 14.7. The van der Waals surface area contributed by atoms with Gasteiger partial charge in [-0.3, -0.25) is 0 Å². The fourth-order valence-corrected chi connectivity index (χ4v) is 3.70. The zero-order valence-corrected chi connectivity index (χ0v) is 17.5. The predicted octanol–water partition coefficient (Wildman–Crippen LogP) is 8.50. The van der Waals surface area contributed by atoms with Gasteiger partial charge in [0.15, 0.2) is 17.5 Å². The van der Waals surface area contributed by atoms with Gasteiger partial charge in [-0.2, -0.15) is 0 Å². The minimum absolute atomic E-state index is 0.267. The van der Waals surface area contributed by atoms with Crippen molar-refractivity contribution in [2.45, 2.75) is 12.8 Å². The molecular formula is C28H19F5. The molecule has 0 unspecified atom stereocenters. The van der Waals surface area contributed by atoms with Crippen molar-refractivity contribution in [3.63, 3.8) is 0 Å². The van der Waals surface area contributed by atoms with E-state index in [1.807, 2.05) is 30.3 Å². The lowest BCUT2D eigenvalue weighted by atomic mass is 9.96. The molecule has 4 aromatic rings. The molecule has 4 rings (SSSR count). The second kappa shape index (κ2) is 9.41. The minimum Gasteiger partial charge on any atom is -0.206 e. The fourth-order valence-electron chi connectivity index (χ4n) is 3.70. The molecular weight excluding hydrogens is 431 g/mol. The van der Waals surface area contributed by atoms with E-state index in [0.29, 0.717) is 17.7 Å². The van der Waals surface area contributed by atoms with Crippen LogP contribution in [0.15, 0.2) is 85.5 Å². The average molecular weight is 450 g/mol. The van der Waals surface area contributed by atoms with Crippen LogP contribution in [-0.4, -0.2) is 0 Å². The first-order valence-electron chi connectivity index (χ1n) is 10.3. The molecule has 0 aliphatic rings. The number of aryl methyl sites for hydroxylation is 1. The maximum Gasteiger partial charge on any atom is 0.194 e. The lowest BCUT2D eigenvalue weighted by Crippen LogP contribution is -1.97. The van der Waals surface area contributed by atoms with Gasteiger partial charge in [0, 0.05) is 0 Å². The molecule has 0 N–H and O–H groups in total. The fraction of sp³-hybridized carbons (Fsp3) is 0.0714. The summed E-state index contributed by atoms with van der Waals surface area (Å²) in [6, 6.07) is 18.6. The van der Waals surface area contributed by atoms with Crippen LogP contribution in [0, 0.1) is 29.1 Å². The molecule has 0 atom stereocenters. The summed E-state index contributed by atoms with van der Waals surface area (Å²) in [6.45, 7) is 3.72. The van der Waals surface area contributed by atoms with Crippen LogP contribution in [0.2, 0.25) is 0 Å². The molecule has 0 aliphatic carbocycles. The van der Waals surface area contributed by atoms with E-state index in [9.17, 15) is 22.0 Å². The number of allylic oxidation sites excluding steroid dienone is 1. The van der Waals surface area contributed by atoms with Crippen LogP contribution in [0.5, 0.6) is 0 Å². The van der Waals surface area contributed by atoms with Gasteiger partial charge in [-0.05, 0) is 70.5 Å². The van der Waals surface area contributed by atoms with Crippen molar-refractivity contribution >= 4 is 0 Å². The van der Waals surface area contributed by atoms with E-state index >= 15 is 0 Å². The van der Waals surface area contributed by atoms with Gasteiger partial charge in [0.2, 0.25) is 0 Å². The van der Waals surface area contributed by atoms with E-state index in [1.165, 1.54) is 5.56 Å². The second-order valence-corrected chi connectivity index (χ2v) is 7.67. The zero-order chi connectivity index (χ0) is 23.5. The third-order valence-electron chi connectivity index (χ3n) is 5.46. The minimum atomic E-state index is -1.69. The van der Waals surface area contributed by atoms with E-state index in [2.05, 4.69) is 18.7 Å². The Morgan fingerprint density at radius 3 is 1.45 bits per heavy atom. The molecule has 0 aliphatic heterocycles. The molecule has 0 nitrogen and oxygen atoms in total. The van der Waals surface area contributed by atoms with Crippen molar-refractivity contribution in [3.05, 3.63) is 120 Å². The van der Waals surface area contributed by atoms with E-state index < -0.39 is 40.2 Å². The highest BCUT2D eigenvalue weighted by molar-refractivity contribution is 5.74. The van der Waals surface area contributed by atoms with Crippen molar-refractivity contribution in [1.29, 1.82) is 0 Å². The highest BCUT2D eigenvalue weighted by Gasteiger charge is 2.18. The van der Waals surface area contributed by atoms with E-state index in [-0.39, 0.29) is 5.56 Å². The topological polar surface area (TPSA) is 0 Å². The first kappa shape index (κ1) is 22.5. The lowest BCUT2D eigenvalue weighted by Gasteiger charge is -2.11. The van der Waals surface area contributed by atoms with E-state index in [0.717, 1.165) is 36.1 Å². The zero-order valence-electron chi connectivity index (χ0n) is 17.5. The van der Waals surface area contributed by atoms with E-state index in [1.54, 1.807) is 12.1 Å². The van der Waals surface area contributed by atoms with Gasteiger partial charge >= 0.3 is 0 Å². The van der Waals surface area contributed by atoms with Crippen LogP contribution in [-0.2, 0) is 6.42 Å². The Hall–Kier alpha value is -3.73. The van der Waals surface area contributed by atoms with Crippen LogP contribution in [0.3, 0.4) is 0 Å². The van der Waals surface area contributed by atoms with Gasteiger partial charge in [0.05, 0.1) is 5.56 Å². The van der Waals surface area contributed by atoms with Crippen LogP contribution in [0.1, 0.15) is 12.0 Å². The summed E-state index contributed by atoms with van der Waals surface area (Å²) in [7, 11) is 0. The number of hydrogen-bond acceptors (Lipinski definition) is 0. The quantitative estimate of drug-likeness (QED) is 0.157. The number of halogens is 5. The van der Waals surface area contributed by atoms with Gasteiger partial charge < -0.3 is 0 Å². The number of hydrogen-bond donors (Lipinski definition) is 0. The van der Waals surface area contributed by atoms with Crippen molar-refractivity contribution < 1.29 is 22.0 Å². The Kier molecular flexibility index (Phi) is 6.40. The molecule has 4 aromatic carbocycles. The summed E-state index contributed by atoms with van der Waals surface area (Å²) in [5.41, 5.74) is 2.97. The second-order valence-electron chi connectivity index (χ2n) is 7.67. The first-order valence-corrected chi connectivity index (χ1v) is 10.3. The van der Waals surface area contributed by atoms with Gasteiger partial charge in [-0.1, -0.05) is 54.6 Å². The summed E-state index contributed by atoms with van der Waals surface area (Å²) < 4.78 is 69.7. The monoisotopic (exact) mass is 450 g/mol. The number of rotatable bonds is 6. The van der Waals surface area contributed by atoms with Gasteiger partial charge in [-0.25, -0.2) is 22.0 Å². The predicted molar refractivity (Wildman–Crippen MR) is 121 cm³/mol. The molecule has 166 valence electrons. The molecule has 0 saturated heterocycles. The molecule has 0 bridgehead atoms. The summed E-state index contributed by atoms with van der Waals surface area (Å²) in [6.07, 6.45) is 3.71. The van der Waals surface area contributed by atoms with Crippen molar-refractivity contribution in [2.24, 2.45) is 0 Å². The molecule has 0 saturated carbocycles. The summed E-state index contributed by atoms with van der Waals surface area (Å²) >= 11 is 0. The highest BCUT2D eigenvalue weighted by Crippen LogP contribution is 2.33. The van der Waals surface area contributed by atoms with Gasteiger partial charge in [-0.15, -0.1) is 6.58 Å². The van der Waals surface area contributed by atoms with Crippen LogP contribution < -0.4 is 0 Å². The van der Waals surface area contributed by atoms with Gasteiger partial charge in [0.25, 0.3) is 0 Å². The molecule has 0 fully saturated rings. The van der Waals surface area contributed by atoms with Crippen LogP contribution in [0.4, 0.5) is 22.0 Å². The summed E-state index contributed by atoms with van der Waals surface area (Å²) in [4.78, 5) is 0. The Labute approximate surface area is 188 Å². The molecule has 33 heavy (non-hydrogen) atoms. The lowest BCUT2D eigenvalue weighted by molar-refractivity contribution is 0.447. The molecule has 0 amide bonds. The first-order chi connectivity index (χ1) is 15.9. The van der Waals surface area contributed by atoms with Crippen LogP contribution >= 0.6 is 0 Å². The molecule has 5 heteroatoms. The largest absolute Gasteiger partial charge is 0.206 e. The molecule has 0 aromatic heterocycles. The van der Waals surface area contributed by atoms with Crippen molar-refractivity contribution in [1.82, 2.24) is 0 Å². The van der Waals surface area contributed by atoms with Crippen molar-refractivity contribution in [3.8, 4) is 33.4 Å². The van der Waals surface area contributed by atoms with Gasteiger partial charge in [0.1, 0.15) is 11.6 Å². The Morgan fingerprint density at radius 2 is 0.970 bits per heavy atom. The third kappa shape index (κ3) is 4.72. The Balaban J connectivity index is 1.62. The number of benzene rings is 4.